The highest BCUT2D eigenvalue weighted by Gasteiger charge is 2.58. The number of nitrogens with one attached hydrogen (secondary N) is 1. The number of carbonyl (C=O) groups excluding carboxylic acids is 1. The zero-order valence-corrected chi connectivity index (χ0v) is 24.5. The van der Waals surface area contributed by atoms with Crippen LogP contribution in [0.4, 0.5) is 5.69 Å². The molecule has 4 rings (SSSR count). The zero-order valence-electron chi connectivity index (χ0n) is 23.6. The topological polar surface area (TPSA) is 191 Å². The number of rotatable bonds is 13. The summed E-state index contributed by atoms with van der Waals surface area (Å²) in [6.07, 6.45) is -1.56. The van der Waals surface area contributed by atoms with Gasteiger partial charge in [0, 0.05) is 6.20 Å². The highest BCUT2D eigenvalue weighted by Crippen LogP contribution is 2.47. The summed E-state index contributed by atoms with van der Waals surface area (Å²) in [6.45, 7) is 5.10. The molecule has 0 amide bonds. The zero-order chi connectivity index (χ0) is 30.5. The van der Waals surface area contributed by atoms with Crippen LogP contribution in [0.3, 0.4) is 0 Å². The van der Waals surface area contributed by atoms with Gasteiger partial charge in [-0.15, -0.1) is 0 Å². The summed E-state index contributed by atoms with van der Waals surface area (Å²) in [5, 5.41) is 38.8. The standard InChI is InChI=1S/C28H36N5O8P/c1-4-19(5-2)15-38-27(36)18(3)32-42(37,41-20-9-7-6-8-10-20)39-16-23-25(34)26(35)28(17-29,40-23)24-12-11-22-21(30)13-14-31-33(22)24/h6-14,18-19,23,25-26,34-35H,4-5,15-16,30H2,1-3H3,(H,32,37)/t18-,23?,25+,26+,28-,42-/m0/s1. The molecule has 0 saturated carbocycles. The van der Waals surface area contributed by atoms with Gasteiger partial charge in [-0.3, -0.25) is 9.32 Å². The summed E-state index contributed by atoms with van der Waals surface area (Å²) in [5.74, 6) is -0.263. The van der Waals surface area contributed by atoms with Crippen LogP contribution in [0.5, 0.6) is 5.75 Å². The molecule has 1 aromatic carbocycles. The summed E-state index contributed by atoms with van der Waals surface area (Å²) >= 11 is 0. The summed E-state index contributed by atoms with van der Waals surface area (Å²) in [6, 6.07) is 13.7. The van der Waals surface area contributed by atoms with Crippen LogP contribution in [0.2, 0.25) is 0 Å². The number of aliphatic hydroxyl groups is 2. The molecule has 1 unspecified atom stereocenters. The number of nitrogen functional groups attached to an aromatic ring is 1. The number of carbonyl (C=O) groups is 1. The maximum Gasteiger partial charge on any atom is 0.459 e. The average molecular weight is 602 g/mol. The quantitative estimate of drug-likeness (QED) is 0.166. The first-order valence-electron chi connectivity index (χ1n) is 13.7. The summed E-state index contributed by atoms with van der Waals surface area (Å²) in [7, 11) is -4.31. The van der Waals surface area contributed by atoms with Crippen molar-refractivity contribution < 1.29 is 38.1 Å². The van der Waals surface area contributed by atoms with Crippen LogP contribution in [-0.2, 0) is 29.0 Å². The largest absolute Gasteiger partial charge is 0.464 e. The fourth-order valence-electron chi connectivity index (χ4n) is 4.66. The second kappa shape index (κ2) is 13.2. The first-order chi connectivity index (χ1) is 20.1. The lowest BCUT2D eigenvalue weighted by atomic mass is 9.92. The van der Waals surface area contributed by atoms with E-state index < -0.39 is 50.3 Å². The molecular formula is C28H36N5O8P. The van der Waals surface area contributed by atoms with Crippen LogP contribution >= 0.6 is 7.75 Å². The Morgan fingerprint density at radius 3 is 2.62 bits per heavy atom. The lowest BCUT2D eigenvalue weighted by Gasteiger charge is -2.25. The number of fused-ring (bicyclic) bond motifs is 1. The molecule has 13 nitrogen and oxygen atoms in total. The van der Waals surface area contributed by atoms with Crippen molar-refractivity contribution in [3.05, 3.63) is 60.4 Å². The fraction of sp³-hybridized carbons (Fsp3) is 0.464. The molecule has 14 heteroatoms. The van der Waals surface area contributed by atoms with Crippen molar-refractivity contribution in [2.45, 2.75) is 63.6 Å². The molecule has 1 fully saturated rings. The lowest BCUT2D eigenvalue weighted by molar-refractivity contribution is -0.146. The maximum absolute atomic E-state index is 13.9. The molecule has 2 aromatic heterocycles. The predicted molar refractivity (Wildman–Crippen MR) is 152 cm³/mol. The number of nitrogens with two attached hydrogens (primary N) is 1. The molecule has 3 aromatic rings. The van der Waals surface area contributed by atoms with Crippen molar-refractivity contribution in [3.63, 3.8) is 0 Å². The SMILES string of the molecule is CCC(CC)COC(=O)[C@H](C)N[P@](=O)(OCC1O[C@@](C#N)(c2ccc3c(N)ccnn23)[C@H](O)[C@@H]1O)Oc1ccccc1. The minimum absolute atomic E-state index is 0.136. The van der Waals surface area contributed by atoms with E-state index in [2.05, 4.69) is 10.2 Å². The highest BCUT2D eigenvalue weighted by molar-refractivity contribution is 7.52. The van der Waals surface area contributed by atoms with Gasteiger partial charge >= 0.3 is 13.7 Å². The third-order valence-electron chi connectivity index (χ3n) is 7.29. The van der Waals surface area contributed by atoms with Gasteiger partial charge < -0.3 is 29.9 Å². The normalized spacial score (nSPS) is 24.3. The van der Waals surface area contributed by atoms with Gasteiger partial charge in [0.2, 0.25) is 5.60 Å². The predicted octanol–water partition coefficient (Wildman–Crippen LogP) is 2.92. The number of hydrogen-bond donors (Lipinski definition) is 4. The van der Waals surface area contributed by atoms with Crippen LogP contribution in [-0.4, -0.2) is 63.4 Å². The van der Waals surface area contributed by atoms with E-state index in [0.29, 0.717) is 11.2 Å². The van der Waals surface area contributed by atoms with E-state index >= 15 is 0 Å². The van der Waals surface area contributed by atoms with E-state index in [9.17, 15) is 24.8 Å². The second-order valence-corrected chi connectivity index (χ2v) is 11.8. The van der Waals surface area contributed by atoms with Gasteiger partial charge in [-0.05, 0) is 43.2 Å². The lowest BCUT2D eigenvalue weighted by Crippen LogP contribution is -2.41. The number of ether oxygens (including phenoxy) is 2. The van der Waals surface area contributed by atoms with E-state index in [4.69, 9.17) is 24.3 Å². The van der Waals surface area contributed by atoms with E-state index in [1.807, 2.05) is 19.9 Å². The number of esters is 1. The minimum Gasteiger partial charge on any atom is -0.464 e. The molecule has 226 valence electrons. The van der Waals surface area contributed by atoms with Gasteiger partial charge in [0.05, 0.1) is 30.1 Å². The number of nitriles is 1. The van der Waals surface area contributed by atoms with Crippen LogP contribution in [0.1, 0.15) is 39.3 Å². The fourth-order valence-corrected chi connectivity index (χ4v) is 6.16. The van der Waals surface area contributed by atoms with E-state index in [0.717, 1.165) is 12.8 Å². The van der Waals surface area contributed by atoms with Gasteiger partial charge in [-0.25, -0.2) is 9.08 Å². The van der Waals surface area contributed by atoms with Crippen molar-refractivity contribution >= 4 is 24.9 Å². The molecule has 5 N–H and O–H groups in total. The molecule has 0 spiro atoms. The van der Waals surface area contributed by atoms with Gasteiger partial charge in [-0.2, -0.15) is 15.4 Å². The Hall–Kier alpha value is -3.50. The number of hydrogen-bond acceptors (Lipinski definition) is 11. The molecule has 3 heterocycles. The molecule has 0 bridgehead atoms. The minimum atomic E-state index is -4.31. The van der Waals surface area contributed by atoms with Crippen LogP contribution in [0.25, 0.3) is 5.52 Å². The Labute approximate surface area is 243 Å². The monoisotopic (exact) mass is 601 g/mol. The maximum atomic E-state index is 13.9. The number of aliphatic hydroxyl groups excluding tert-OH is 2. The molecule has 0 radical (unpaired) electrons. The third-order valence-corrected chi connectivity index (χ3v) is 8.93. The first kappa shape index (κ1) is 31.4. The van der Waals surface area contributed by atoms with Crippen molar-refractivity contribution in [3.8, 4) is 11.8 Å². The molecule has 0 aliphatic carbocycles. The van der Waals surface area contributed by atoms with Crippen molar-refractivity contribution in [1.29, 1.82) is 5.26 Å². The van der Waals surface area contributed by atoms with Crippen LogP contribution in [0, 0.1) is 17.2 Å². The molecule has 1 aliphatic rings. The molecule has 1 aliphatic heterocycles. The highest BCUT2D eigenvalue weighted by atomic mass is 31.2. The van der Waals surface area contributed by atoms with Gasteiger partial charge in [0.1, 0.15) is 36.2 Å². The third kappa shape index (κ3) is 6.44. The smallest absolute Gasteiger partial charge is 0.459 e. The van der Waals surface area contributed by atoms with Crippen molar-refractivity contribution in [2.75, 3.05) is 18.9 Å². The second-order valence-electron chi connectivity index (χ2n) is 10.1. The van der Waals surface area contributed by atoms with Crippen LogP contribution in [0.15, 0.2) is 54.7 Å². The number of para-hydroxylation sites is 1. The Morgan fingerprint density at radius 1 is 1.24 bits per heavy atom. The Morgan fingerprint density at radius 2 is 1.95 bits per heavy atom. The Balaban J connectivity index is 1.53. The summed E-state index contributed by atoms with van der Waals surface area (Å²) < 4.78 is 37.9. The van der Waals surface area contributed by atoms with E-state index in [-0.39, 0.29) is 24.0 Å². The molecular weight excluding hydrogens is 565 g/mol. The van der Waals surface area contributed by atoms with E-state index in [1.165, 1.54) is 23.7 Å². The summed E-state index contributed by atoms with van der Waals surface area (Å²) in [4.78, 5) is 12.7. The molecule has 6 atom stereocenters. The van der Waals surface area contributed by atoms with Gasteiger partial charge in [-0.1, -0.05) is 44.9 Å². The number of benzene rings is 1. The van der Waals surface area contributed by atoms with Crippen molar-refractivity contribution in [2.24, 2.45) is 5.92 Å². The average Bonchev–Trinajstić information content (AvgIpc) is 3.53. The number of anilines is 1. The number of nitrogens with zero attached hydrogens (tertiary/aromatic N) is 3. The van der Waals surface area contributed by atoms with Gasteiger partial charge in [0.25, 0.3) is 0 Å². The first-order valence-corrected chi connectivity index (χ1v) is 15.2. The van der Waals surface area contributed by atoms with Gasteiger partial charge in [0.15, 0.2) is 0 Å². The molecule has 1 saturated heterocycles. The summed E-state index contributed by atoms with van der Waals surface area (Å²) in [5.41, 5.74) is 4.95. The Bertz CT molecular complexity index is 1460. The number of aromatic nitrogens is 2. The Kier molecular flexibility index (Phi) is 9.89. The van der Waals surface area contributed by atoms with E-state index in [1.54, 1.807) is 42.5 Å². The van der Waals surface area contributed by atoms with Crippen molar-refractivity contribution in [1.82, 2.24) is 14.7 Å². The van der Waals surface area contributed by atoms with Crippen LogP contribution < -0.4 is 15.3 Å². The molecule has 42 heavy (non-hydrogen) atoms.